The predicted octanol–water partition coefficient (Wildman–Crippen LogP) is 0.853. The van der Waals surface area contributed by atoms with E-state index in [1.165, 1.54) is 25.2 Å². The second-order valence-corrected chi connectivity index (χ2v) is 4.33. The average molecular weight is 282 g/mol. The number of ether oxygens (including phenoxy) is 1. The molecule has 2 heterocycles. The summed E-state index contributed by atoms with van der Waals surface area (Å²) in [6, 6.07) is 1.58. The van der Waals surface area contributed by atoms with Gasteiger partial charge in [-0.25, -0.2) is 9.97 Å². The number of hydrogen-bond acceptors (Lipinski definition) is 8. The third kappa shape index (κ3) is 3.65. The molecule has 1 N–H and O–H groups in total. The fraction of sp³-hybridized carbons (Fsp3) is 0.300. The Labute approximate surface area is 112 Å². The van der Waals surface area contributed by atoms with Gasteiger partial charge < -0.3 is 14.4 Å². The first kappa shape index (κ1) is 13.3. The van der Waals surface area contributed by atoms with Crippen LogP contribution in [0.15, 0.2) is 16.9 Å². The third-order valence-electron chi connectivity index (χ3n) is 2.00. The lowest BCUT2D eigenvalue weighted by molar-refractivity contribution is -0.133. The molecule has 0 bridgehead atoms. The van der Waals surface area contributed by atoms with Gasteiger partial charge in [0.1, 0.15) is 12.0 Å². The number of hydrogen-bond donors (Lipinski definition) is 1. The zero-order chi connectivity index (χ0) is 13.7. The van der Waals surface area contributed by atoms with E-state index in [9.17, 15) is 4.79 Å². The normalized spacial score (nSPS) is 10.4. The van der Waals surface area contributed by atoms with Crippen LogP contribution < -0.4 is 4.74 Å². The monoisotopic (exact) mass is 282 g/mol. The van der Waals surface area contributed by atoms with E-state index in [2.05, 4.69) is 20.1 Å². The first-order valence-electron chi connectivity index (χ1n) is 5.17. The molecule has 100 valence electrons. The first-order valence-corrected chi connectivity index (χ1v) is 6.33. The average Bonchev–Trinajstić information content (AvgIpc) is 2.87. The molecule has 0 atom stereocenters. The van der Waals surface area contributed by atoms with Crippen LogP contribution in [0.2, 0.25) is 0 Å². The maximum atomic E-state index is 10.4. The van der Waals surface area contributed by atoms with E-state index in [1.807, 2.05) is 0 Å². The van der Waals surface area contributed by atoms with Crippen molar-refractivity contribution in [3.63, 3.8) is 0 Å². The Bertz CT molecular complexity index is 574. The lowest BCUT2D eigenvalue weighted by atomic mass is 10.4. The second kappa shape index (κ2) is 6.14. The molecule has 0 radical (unpaired) electrons. The van der Waals surface area contributed by atoms with Gasteiger partial charge in [-0.05, 0) is 0 Å². The molecule has 2 aromatic rings. The summed E-state index contributed by atoms with van der Waals surface area (Å²) in [7, 11) is 1.50. The van der Waals surface area contributed by atoms with E-state index in [4.69, 9.17) is 14.4 Å². The fourth-order valence-electron chi connectivity index (χ4n) is 1.22. The summed E-state index contributed by atoms with van der Waals surface area (Å²) >= 11 is 1.18. The van der Waals surface area contributed by atoms with Crippen molar-refractivity contribution < 1.29 is 19.2 Å². The summed E-state index contributed by atoms with van der Waals surface area (Å²) in [4.78, 5) is 22.4. The second-order valence-electron chi connectivity index (χ2n) is 3.34. The highest BCUT2D eigenvalue weighted by atomic mass is 32.2. The lowest BCUT2D eigenvalue weighted by Gasteiger charge is -1.97. The van der Waals surface area contributed by atoms with Crippen molar-refractivity contribution in [1.29, 1.82) is 0 Å². The Balaban J connectivity index is 2.05. The van der Waals surface area contributed by atoms with Crippen LogP contribution in [0.4, 0.5) is 0 Å². The number of aromatic nitrogens is 4. The molecule has 9 heteroatoms. The van der Waals surface area contributed by atoms with Gasteiger partial charge >= 0.3 is 5.97 Å². The van der Waals surface area contributed by atoms with Crippen molar-refractivity contribution in [2.75, 3.05) is 12.9 Å². The highest BCUT2D eigenvalue weighted by Crippen LogP contribution is 2.18. The summed E-state index contributed by atoms with van der Waals surface area (Å²) in [5.41, 5.74) is 0.477. The van der Waals surface area contributed by atoms with Crippen molar-refractivity contribution in [2.24, 2.45) is 0 Å². The van der Waals surface area contributed by atoms with Crippen LogP contribution in [0.25, 0.3) is 11.5 Å². The van der Waals surface area contributed by atoms with Crippen molar-refractivity contribution in [2.45, 2.75) is 5.75 Å². The van der Waals surface area contributed by atoms with E-state index in [-0.39, 0.29) is 5.75 Å². The molecule has 0 saturated carbocycles. The van der Waals surface area contributed by atoms with Crippen LogP contribution in [-0.2, 0) is 10.5 Å². The summed E-state index contributed by atoms with van der Waals surface area (Å²) < 4.78 is 9.97. The Morgan fingerprint density at radius 1 is 1.53 bits per heavy atom. The molecule has 0 amide bonds. The summed E-state index contributed by atoms with van der Waals surface area (Å²) in [5, 5.41) is 12.3. The maximum Gasteiger partial charge on any atom is 0.313 e. The Morgan fingerprint density at radius 2 is 2.37 bits per heavy atom. The molecule has 0 aromatic carbocycles. The SMILES string of the molecule is COc1cc(-c2noc(CSCC(=O)O)n2)ncn1. The molecule has 0 aliphatic rings. The van der Waals surface area contributed by atoms with E-state index in [1.54, 1.807) is 6.07 Å². The van der Waals surface area contributed by atoms with Crippen molar-refractivity contribution >= 4 is 17.7 Å². The van der Waals surface area contributed by atoms with Crippen molar-refractivity contribution in [1.82, 2.24) is 20.1 Å². The summed E-state index contributed by atoms with van der Waals surface area (Å²) in [5.74, 6) is 0.493. The molecule has 0 fully saturated rings. The van der Waals surface area contributed by atoms with E-state index in [0.29, 0.717) is 29.0 Å². The molecular weight excluding hydrogens is 272 g/mol. The van der Waals surface area contributed by atoms with Crippen molar-refractivity contribution in [3.8, 4) is 17.4 Å². The molecule has 19 heavy (non-hydrogen) atoms. The molecule has 0 aliphatic heterocycles. The lowest BCUT2D eigenvalue weighted by Crippen LogP contribution is -1.98. The molecule has 2 rings (SSSR count). The van der Waals surface area contributed by atoms with Gasteiger partial charge in [0, 0.05) is 6.07 Å². The summed E-state index contributed by atoms with van der Waals surface area (Å²) in [6.45, 7) is 0. The van der Waals surface area contributed by atoms with E-state index < -0.39 is 5.97 Å². The number of rotatable bonds is 6. The number of thioether (sulfide) groups is 1. The van der Waals surface area contributed by atoms with Gasteiger partial charge in [0.05, 0.1) is 18.6 Å². The highest BCUT2D eigenvalue weighted by Gasteiger charge is 2.11. The molecule has 0 spiro atoms. The Morgan fingerprint density at radius 3 is 3.11 bits per heavy atom. The van der Waals surface area contributed by atoms with Crippen LogP contribution in [0.3, 0.4) is 0 Å². The molecule has 0 saturated heterocycles. The van der Waals surface area contributed by atoms with Gasteiger partial charge in [0.15, 0.2) is 0 Å². The van der Waals surface area contributed by atoms with Crippen LogP contribution in [0.1, 0.15) is 5.89 Å². The standard InChI is InChI=1S/C10H10N4O4S/c1-17-7-2-6(11-5-12-7)10-13-8(18-14-10)3-19-4-9(15)16/h2,5H,3-4H2,1H3,(H,15,16). The minimum absolute atomic E-state index is 0.0148. The quantitative estimate of drug-likeness (QED) is 0.823. The zero-order valence-electron chi connectivity index (χ0n) is 9.94. The minimum Gasteiger partial charge on any atom is -0.481 e. The Kier molecular flexibility index (Phi) is 4.29. The topological polar surface area (TPSA) is 111 Å². The van der Waals surface area contributed by atoms with Gasteiger partial charge in [-0.15, -0.1) is 11.8 Å². The number of methoxy groups -OCH3 is 1. The van der Waals surface area contributed by atoms with Gasteiger partial charge in [0.25, 0.3) is 0 Å². The number of carboxylic acid groups (broad SMARTS) is 1. The minimum atomic E-state index is -0.884. The number of nitrogens with zero attached hydrogens (tertiary/aromatic N) is 4. The van der Waals surface area contributed by atoms with Gasteiger partial charge in [-0.1, -0.05) is 5.16 Å². The number of aliphatic carboxylic acids is 1. The Hall–Kier alpha value is -2.16. The maximum absolute atomic E-state index is 10.4. The van der Waals surface area contributed by atoms with Crippen LogP contribution in [0, 0.1) is 0 Å². The largest absolute Gasteiger partial charge is 0.481 e. The van der Waals surface area contributed by atoms with Gasteiger partial charge in [-0.3, -0.25) is 4.79 Å². The van der Waals surface area contributed by atoms with E-state index in [0.717, 1.165) is 0 Å². The third-order valence-corrected chi connectivity index (χ3v) is 2.90. The molecule has 0 unspecified atom stereocenters. The molecule has 2 aromatic heterocycles. The van der Waals surface area contributed by atoms with E-state index >= 15 is 0 Å². The van der Waals surface area contributed by atoms with Crippen LogP contribution in [0.5, 0.6) is 5.88 Å². The highest BCUT2D eigenvalue weighted by molar-refractivity contribution is 7.99. The summed E-state index contributed by atoms with van der Waals surface area (Å²) in [6.07, 6.45) is 1.34. The van der Waals surface area contributed by atoms with Gasteiger partial charge in [0.2, 0.25) is 17.6 Å². The van der Waals surface area contributed by atoms with Crippen LogP contribution >= 0.6 is 11.8 Å². The predicted molar refractivity (Wildman–Crippen MR) is 65.7 cm³/mol. The zero-order valence-corrected chi connectivity index (χ0v) is 10.8. The number of carbonyl (C=O) groups is 1. The van der Waals surface area contributed by atoms with Crippen LogP contribution in [-0.4, -0.2) is 44.0 Å². The molecular formula is C10H10N4O4S. The first-order chi connectivity index (χ1) is 9.19. The smallest absolute Gasteiger partial charge is 0.313 e. The molecule has 8 nitrogen and oxygen atoms in total. The fourth-order valence-corrected chi connectivity index (χ4v) is 1.79. The number of carboxylic acids is 1. The molecule has 0 aliphatic carbocycles. The van der Waals surface area contributed by atoms with Gasteiger partial charge in [-0.2, -0.15) is 4.98 Å². The van der Waals surface area contributed by atoms with Crippen molar-refractivity contribution in [3.05, 3.63) is 18.3 Å².